The number of carboxylic acid groups (broad SMARTS) is 1. The maximum absolute atomic E-state index is 12.2. The summed E-state index contributed by atoms with van der Waals surface area (Å²) in [5.74, 6) is -1.46. The molecule has 1 atom stereocenters. The number of carbonyl (C=O) groups is 2. The monoisotopic (exact) mass is 293 g/mol. The number of thiophene rings is 1. The van der Waals surface area contributed by atoms with E-state index in [1.54, 1.807) is 24.9 Å². The number of amides is 1. The first-order valence-corrected chi connectivity index (χ1v) is 7.02. The molecule has 0 aliphatic carbocycles. The van der Waals surface area contributed by atoms with Crippen LogP contribution in [-0.4, -0.2) is 32.8 Å². The van der Waals surface area contributed by atoms with Gasteiger partial charge in [0.2, 0.25) is 0 Å². The number of carboxylic acids is 1. The molecule has 0 aliphatic heterocycles. The first kappa shape index (κ1) is 14.3. The van der Waals surface area contributed by atoms with Crippen LogP contribution in [0.2, 0.25) is 0 Å². The molecule has 2 N–H and O–H groups in total. The minimum absolute atomic E-state index is 0.329. The van der Waals surface area contributed by atoms with Crippen LogP contribution in [-0.2, 0) is 11.8 Å². The van der Waals surface area contributed by atoms with Crippen molar-refractivity contribution in [1.29, 1.82) is 0 Å². The maximum atomic E-state index is 12.2. The molecule has 0 aromatic carbocycles. The average Bonchev–Trinajstić information content (AvgIpc) is 3.03. The molecule has 1 unspecified atom stereocenters. The Labute approximate surface area is 120 Å². The van der Waals surface area contributed by atoms with Gasteiger partial charge in [-0.05, 0) is 17.9 Å². The fourth-order valence-electron chi connectivity index (χ4n) is 1.82. The summed E-state index contributed by atoms with van der Waals surface area (Å²) in [4.78, 5) is 24.1. The number of hydrogen-bond acceptors (Lipinski definition) is 4. The van der Waals surface area contributed by atoms with Crippen molar-refractivity contribution in [2.75, 3.05) is 0 Å². The lowest BCUT2D eigenvalue weighted by Crippen LogP contribution is -2.40. The van der Waals surface area contributed by atoms with Gasteiger partial charge in [-0.15, -0.1) is 11.3 Å². The van der Waals surface area contributed by atoms with Crippen molar-refractivity contribution in [2.45, 2.75) is 19.4 Å². The van der Waals surface area contributed by atoms with Crippen LogP contribution < -0.4 is 5.32 Å². The van der Waals surface area contributed by atoms with E-state index in [1.165, 1.54) is 11.3 Å². The molecule has 106 valence electrons. The molecule has 7 heteroatoms. The molecule has 2 rings (SSSR count). The van der Waals surface area contributed by atoms with E-state index < -0.39 is 17.9 Å². The van der Waals surface area contributed by atoms with E-state index in [1.807, 2.05) is 17.5 Å². The third-order valence-electron chi connectivity index (χ3n) is 2.84. The van der Waals surface area contributed by atoms with Gasteiger partial charge in [-0.3, -0.25) is 9.48 Å². The fourth-order valence-corrected chi connectivity index (χ4v) is 2.55. The first-order chi connectivity index (χ1) is 9.52. The summed E-state index contributed by atoms with van der Waals surface area (Å²) in [7, 11) is 1.72. The van der Waals surface area contributed by atoms with Gasteiger partial charge in [0, 0.05) is 13.2 Å². The molecule has 2 aromatic rings. The normalized spacial score (nSPS) is 12.1. The summed E-state index contributed by atoms with van der Waals surface area (Å²) in [5, 5.41) is 17.7. The minimum atomic E-state index is -1.04. The van der Waals surface area contributed by atoms with E-state index in [0.717, 1.165) is 4.88 Å². The highest BCUT2D eigenvalue weighted by atomic mass is 32.1. The second-order valence-corrected chi connectivity index (χ2v) is 5.26. The zero-order chi connectivity index (χ0) is 14.7. The highest BCUT2D eigenvalue weighted by Gasteiger charge is 2.23. The van der Waals surface area contributed by atoms with Crippen LogP contribution in [0, 0.1) is 0 Å². The Kier molecular flexibility index (Phi) is 4.19. The van der Waals surface area contributed by atoms with Crippen molar-refractivity contribution in [3.8, 4) is 10.6 Å². The molecule has 1 amide bonds. The third kappa shape index (κ3) is 2.88. The van der Waals surface area contributed by atoms with Gasteiger partial charge in [-0.1, -0.05) is 13.0 Å². The van der Waals surface area contributed by atoms with Crippen molar-refractivity contribution < 1.29 is 14.7 Å². The van der Waals surface area contributed by atoms with Gasteiger partial charge in [-0.25, -0.2) is 4.79 Å². The van der Waals surface area contributed by atoms with E-state index in [2.05, 4.69) is 10.4 Å². The van der Waals surface area contributed by atoms with Crippen molar-refractivity contribution in [3.05, 3.63) is 29.3 Å². The van der Waals surface area contributed by atoms with E-state index in [-0.39, 0.29) is 0 Å². The summed E-state index contributed by atoms with van der Waals surface area (Å²) in [6.07, 6.45) is 1.93. The van der Waals surface area contributed by atoms with Crippen LogP contribution >= 0.6 is 11.3 Å². The van der Waals surface area contributed by atoms with Gasteiger partial charge in [0.05, 0.1) is 10.4 Å². The molecular weight excluding hydrogens is 278 g/mol. The third-order valence-corrected chi connectivity index (χ3v) is 3.72. The molecule has 0 fully saturated rings. The summed E-state index contributed by atoms with van der Waals surface area (Å²) in [6, 6.07) is 2.86. The summed E-state index contributed by atoms with van der Waals surface area (Å²) < 4.78 is 1.55. The summed E-state index contributed by atoms with van der Waals surface area (Å²) >= 11 is 1.48. The number of nitrogens with zero attached hydrogens (tertiary/aromatic N) is 2. The predicted molar refractivity (Wildman–Crippen MR) is 75.7 cm³/mol. The van der Waals surface area contributed by atoms with E-state index in [4.69, 9.17) is 5.11 Å². The van der Waals surface area contributed by atoms with E-state index >= 15 is 0 Å². The number of rotatable bonds is 5. The van der Waals surface area contributed by atoms with Crippen LogP contribution in [0.1, 0.15) is 23.7 Å². The Morgan fingerprint density at radius 2 is 2.30 bits per heavy atom. The van der Waals surface area contributed by atoms with Crippen LogP contribution in [0.5, 0.6) is 0 Å². The van der Waals surface area contributed by atoms with Gasteiger partial charge in [0.25, 0.3) is 5.91 Å². The Hall–Kier alpha value is -2.15. The molecule has 2 heterocycles. The van der Waals surface area contributed by atoms with Crippen LogP contribution in [0.4, 0.5) is 0 Å². The second kappa shape index (κ2) is 5.87. The number of nitrogens with one attached hydrogen (secondary N) is 1. The van der Waals surface area contributed by atoms with Crippen LogP contribution in [0.3, 0.4) is 0 Å². The van der Waals surface area contributed by atoms with Crippen molar-refractivity contribution in [1.82, 2.24) is 15.1 Å². The lowest BCUT2D eigenvalue weighted by molar-refractivity contribution is -0.139. The quantitative estimate of drug-likeness (QED) is 0.879. The molecule has 6 nitrogen and oxygen atoms in total. The van der Waals surface area contributed by atoms with Gasteiger partial charge in [0.1, 0.15) is 11.7 Å². The van der Waals surface area contributed by atoms with Crippen LogP contribution in [0.15, 0.2) is 23.7 Å². The molecule has 0 saturated heterocycles. The van der Waals surface area contributed by atoms with Gasteiger partial charge in [-0.2, -0.15) is 5.10 Å². The molecule has 0 saturated carbocycles. The molecule has 0 aliphatic rings. The van der Waals surface area contributed by atoms with Crippen molar-refractivity contribution >= 4 is 23.2 Å². The second-order valence-electron chi connectivity index (χ2n) is 4.31. The molecule has 2 aromatic heterocycles. The number of aliphatic carboxylic acids is 1. The molecule has 0 spiro atoms. The highest BCUT2D eigenvalue weighted by molar-refractivity contribution is 7.13. The summed E-state index contributed by atoms with van der Waals surface area (Å²) in [5.41, 5.74) is 0.954. The zero-order valence-corrected chi connectivity index (χ0v) is 12.0. The first-order valence-electron chi connectivity index (χ1n) is 6.14. The zero-order valence-electron chi connectivity index (χ0n) is 11.2. The average molecular weight is 293 g/mol. The Morgan fingerprint density at radius 1 is 1.55 bits per heavy atom. The predicted octanol–water partition coefficient (Wildman–Crippen LogP) is 1.74. The largest absolute Gasteiger partial charge is 0.480 e. The Bertz CT molecular complexity index is 619. The SMILES string of the molecule is CCC(NC(=O)c1cn(C)nc1-c1cccs1)C(=O)O. The lowest BCUT2D eigenvalue weighted by Gasteiger charge is -2.11. The number of hydrogen-bond donors (Lipinski definition) is 2. The topological polar surface area (TPSA) is 84.2 Å². The molecule has 20 heavy (non-hydrogen) atoms. The Morgan fingerprint density at radius 3 is 2.85 bits per heavy atom. The molecular formula is C13H15N3O3S. The standard InChI is InChI=1S/C13H15N3O3S/c1-3-9(13(18)19)14-12(17)8-7-16(2)15-11(8)10-5-4-6-20-10/h4-7,9H,3H2,1-2H3,(H,14,17)(H,18,19). The van der Waals surface area contributed by atoms with E-state index in [9.17, 15) is 9.59 Å². The number of aromatic nitrogens is 2. The number of aryl methyl sites for hydroxylation is 1. The van der Waals surface area contributed by atoms with Crippen LogP contribution in [0.25, 0.3) is 10.6 Å². The maximum Gasteiger partial charge on any atom is 0.326 e. The van der Waals surface area contributed by atoms with Crippen molar-refractivity contribution in [2.24, 2.45) is 7.05 Å². The number of carbonyl (C=O) groups excluding carboxylic acids is 1. The smallest absolute Gasteiger partial charge is 0.326 e. The molecule has 0 bridgehead atoms. The van der Waals surface area contributed by atoms with Gasteiger partial charge in [0.15, 0.2) is 0 Å². The lowest BCUT2D eigenvalue weighted by atomic mass is 10.1. The highest BCUT2D eigenvalue weighted by Crippen LogP contribution is 2.26. The minimum Gasteiger partial charge on any atom is -0.480 e. The van der Waals surface area contributed by atoms with E-state index in [0.29, 0.717) is 17.7 Å². The molecule has 0 radical (unpaired) electrons. The van der Waals surface area contributed by atoms with Gasteiger partial charge >= 0.3 is 5.97 Å². The van der Waals surface area contributed by atoms with Crippen molar-refractivity contribution in [3.63, 3.8) is 0 Å². The Balaban J connectivity index is 2.29. The van der Waals surface area contributed by atoms with Gasteiger partial charge < -0.3 is 10.4 Å². The fraction of sp³-hybridized carbons (Fsp3) is 0.308. The summed E-state index contributed by atoms with van der Waals surface area (Å²) in [6.45, 7) is 1.71.